The molecule has 4 heteroatoms. The number of hydrogen-bond donors (Lipinski definition) is 2. The first kappa shape index (κ1) is 11.2. The molecule has 0 aliphatic carbocycles. The van der Waals surface area contributed by atoms with Crippen LogP contribution in [0.25, 0.3) is 0 Å². The summed E-state index contributed by atoms with van der Waals surface area (Å²) in [6.45, 7) is 5.50. The van der Waals surface area contributed by atoms with E-state index in [0.717, 1.165) is 5.57 Å². The van der Waals surface area contributed by atoms with Gasteiger partial charge in [0.2, 0.25) is 0 Å². The fraction of sp³-hybridized carbons (Fsp3) is 0.182. The molecule has 0 unspecified atom stereocenters. The highest BCUT2D eigenvalue weighted by Gasteiger charge is 2.06. The van der Waals surface area contributed by atoms with Gasteiger partial charge in [-0.05, 0) is 37.1 Å². The molecule has 1 aromatic carbocycles. The van der Waals surface area contributed by atoms with E-state index in [4.69, 9.17) is 5.11 Å². The molecule has 0 spiro atoms. The van der Waals surface area contributed by atoms with Gasteiger partial charge in [0.1, 0.15) is 5.82 Å². The van der Waals surface area contributed by atoms with E-state index in [2.05, 4.69) is 11.9 Å². The number of carbonyl (C=O) groups is 1. The lowest BCUT2D eigenvalue weighted by Crippen LogP contribution is -2.09. The summed E-state index contributed by atoms with van der Waals surface area (Å²) in [5, 5.41) is 10.8. The van der Waals surface area contributed by atoms with E-state index in [1.165, 1.54) is 18.2 Å². The van der Waals surface area contributed by atoms with Crippen LogP contribution in [-0.4, -0.2) is 11.2 Å². The van der Waals surface area contributed by atoms with Crippen molar-refractivity contribution in [3.05, 3.63) is 41.7 Å². The third kappa shape index (κ3) is 3.42. The van der Waals surface area contributed by atoms with Gasteiger partial charge in [-0.15, -0.1) is 0 Å². The van der Waals surface area contributed by atoms with Gasteiger partial charge in [0, 0.05) is 5.69 Å². The van der Waals surface area contributed by atoms with Crippen LogP contribution in [0.15, 0.2) is 30.4 Å². The molecule has 0 bridgehead atoms. The largest absolute Gasteiger partial charge is 0.465 e. The van der Waals surface area contributed by atoms with E-state index in [1.807, 2.05) is 0 Å². The smallest absolute Gasteiger partial charge is 0.409 e. The third-order valence-corrected chi connectivity index (χ3v) is 1.80. The van der Waals surface area contributed by atoms with Crippen LogP contribution in [0.3, 0.4) is 0 Å². The number of nitrogens with one attached hydrogen (secondary N) is 1. The lowest BCUT2D eigenvalue weighted by atomic mass is 10.1. The molecule has 80 valence electrons. The number of carboxylic acid groups (broad SMARTS) is 1. The number of allylic oxidation sites excluding steroid dienone is 1. The minimum Gasteiger partial charge on any atom is -0.465 e. The normalized spacial score (nSPS) is 9.73. The lowest BCUT2D eigenvalue weighted by molar-refractivity contribution is 0.209. The summed E-state index contributed by atoms with van der Waals surface area (Å²) in [5.74, 6) is -0.387. The van der Waals surface area contributed by atoms with Crippen molar-refractivity contribution in [1.29, 1.82) is 0 Å². The summed E-state index contributed by atoms with van der Waals surface area (Å²) in [6, 6.07) is 3.93. The first-order valence-electron chi connectivity index (χ1n) is 4.42. The highest BCUT2D eigenvalue weighted by atomic mass is 19.1. The maximum Gasteiger partial charge on any atom is 0.409 e. The lowest BCUT2D eigenvalue weighted by Gasteiger charge is -2.08. The number of halogens is 1. The average Bonchev–Trinajstić information content (AvgIpc) is 2.08. The quantitative estimate of drug-likeness (QED) is 0.751. The molecular formula is C11H12FNO2. The zero-order valence-corrected chi connectivity index (χ0v) is 8.38. The number of amides is 1. The minimum atomic E-state index is -1.16. The molecule has 0 aliphatic heterocycles. The van der Waals surface area contributed by atoms with E-state index < -0.39 is 6.09 Å². The number of benzene rings is 1. The number of rotatable bonds is 3. The molecule has 1 aromatic rings. The van der Waals surface area contributed by atoms with E-state index in [-0.39, 0.29) is 5.82 Å². The molecule has 0 saturated heterocycles. The first-order chi connectivity index (χ1) is 6.99. The van der Waals surface area contributed by atoms with Gasteiger partial charge in [-0.25, -0.2) is 9.18 Å². The summed E-state index contributed by atoms with van der Waals surface area (Å²) in [7, 11) is 0. The highest BCUT2D eigenvalue weighted by Crippen LogP contribution is 2.19. The monoisotopic (exact) mass is 209 g/mol. The van der Waals surface area contributed by atoms with E-state index in [1.54, 1.807) is 6.92 Å². The summed E-state index contributed by atoms with van der Waals surface area (Å²) in [5.41, 5.74) is 1.82. The molecule has 0 atom stereocenters. The van der Waals surface area contributed by atoms with Crippen molar-refractivity contribution in [2.24, 2.45) is 0 Å². The van der Waals surface area contributed by atoms with Gasteiger partial charge in [-0.2, -0.15) is 0 Å². The summed E-state index contributed by atoms with van der Waals surface area (Å²) >= 11 is 0. The first-order valence-corrected chi connectivity index (χ1v) is 4.42. The van der Waals surface area contributed by atoms with Gasteiger partial charge < -0.3 is 5.11 Å². The second kappa shape index (κ2) is 4.59. The molecular weight excluding hydrogens is 197 g/mol. The average molecular weight is 209 g/mol. The van der Waals surface area contributed by atoms with Crippen LogP contribution in [0.5, 0.6) is 0 Å². The maximum atomic E-state index is 12.9. The highest BCUT2D eigenvalue weighted by molar-refractivity contribution is 5.84. The minimum absolute atomic E-state index is 0.387. The fourth-order valence-electron chi connectivity index (χ4n) is 1.27. The number of hydrogen-bond acceptors (Lipinski definition) is 1. The Kier molecular flexibility index (Phi) is 3.44. The van der Waals surface area contributed by atoms with Gasteiger partial charge in [-0.3, -0.25) is 5.32 Å². The molecule has 0 aromatic heterocycles. The van der Waals surface area contributed by atoms with Crippen LogP contribution >= 0.6 is 0 Å². The molecule has 0 heterocycles. The second-order valence-corrected chi connectivity index (χ2v) is 3.37. The van der Waals surface area contributed by atoms with Crippen molar-refractivity contribution < 1.29 is 14.3 Å². The zero-order chi connectivity index (χ0) is 11.4. The molecule has 0 radical (unpaired) electrons. The van der Waals surface area contributed by atoms with Crippen molar-refractivity contribution in [2.75, 3.05) is 5.32 Å². The summed E-state index contributed by atoms with van der Waals surface area (Å²) < 4.78 is 12.9. The van der Waals surface area contributed by atoms with E-state index in [9.17, 15) is 9.18 Å². The van der Waals surface area contributed by atoms with Crippen molar-refractivity contribution in [3.63, 3.8) is 0 Å². The fourth-order valence-corrected chi connectivity index (χ4v) is 1.27. The topological polar surface area (TPSA) is 49.3 Å². The van der Waals surface area contributed by atoms with Crippen LogP contribution in [-0.2, 0) is 6.42 Å². The van der Waals surface area contributed by atoms with E-state index in [0.29, 0.717) is 17.7 Å². The Morgan fingerprint density at radius 1 is 1.60 bits per heavy atom. The van der Waals surface area contributed by atoms with Gasteiger partial charge in [0.05, 0.1) is 0 Å². The van der Waals surface area contributed by atoms with Crippen molar-refractivity contribution in [2.45, 2.75) is 13.3 Å². The molecule has 3 nitrogen and oxygen atoms in total. The van der Waals surface area contributed by atoms with Crippen molar-refractivity contribution in [3.8, 4) is 0 Å². The zero-order valence-electron chi connectivity index (χ0n) is 8.38. The second-order valence-electron chi connectivity index (χ2n) is 3.37. The van der Waals surface area contributed by atoms with E-state index >= 15 is 0 Å². The maximum absolute atomic E-state index is 12.9. The molecule has 1 rings (SSSR count). The standard InChI is InChI=1S/C11H12FNO2/c1-7(2)5-8-6-9(12)3-4-10(8)13-11(14)15/h3-4,6,13H,1,5H2,2H3,(H,14,15). The Labute approximate surface area is 87.2 Å². The Bertz CT molecular complexity index is 402. The predicted molar refractivity (Wildman–Crippen MR) is 56.6 cm³/mol. The Balaban J connectivity index is 3.02. The van der Waals surface area contributed by atoms with Gasteiger partial charge in [0.15, 0.2) is 0 Å². The summed E-state index contributed by atoms with van der Waals surface area (Å²) in [4.78, 5) is 10.5. The molecule has 15 heavy (non-hydrogen) atoms. The predicted octanol–water partition coefficient (Wildman–Crippen LogP) is 3.03. The van der Waals surface area contributed by atoms with Gasteiger partial charge >= 0.3 is 6.09 Å². The molecule has 2 N–H and O–H groups in total. The Morgan fingerprint density at radius 3 is 2.80 bits per heavy atom. The Hall–Kier alpha value is -1.84. The van der Waals surface area contributed by atoms with Gasteiger partial charge in [0.25, 0.3) is 0 Å². The van der Waals surface area contributed by atoms with Crippen LogP contribution in [0, 0.1) is 5.82 Å². The van der Waals surface area contributed by atoms with Crippen LogP contribution in [0.1, 0.15) is 12.5 Å². The van der Waals surface area contributed by atoms with Gasteiger partial charge in [-0.1, -0.05) is 12.2 Å². The van der Waals surface area contributed by atoms with Crippen LogP contribution in [0.4, 0.5) is 14.9 Å². The third-order valence-electron chi connectivity index (χ3n) is 1.80. The van der Waals surface area contributed by atoms with Crippen LogP contribution in [0.2, 0.25) is 0 Å². The van der Waals surface area contributed by atoms with Crippen molar-refractivity contribution in [1.82, 2.24) is 0 Å². The Morgan fingerprint density at radius 2 is 2.27 bits per heavy atom. The molecule has 0 saturated carbocycles. The molecule has 0 aliphatic rings. The van der Waals surface area contributed by atoms with Crippen LogP contribution < -0.4 is 5.32 Å². The molecule has 0 fully saturated rings. The van der Waals surface area contributed by atoms with Crippen molar-refractivity contribution >= 4 is 11.8 Å². The summed E-state index contributed by atoms with van der Waals surface area (Å²) in [6.07, 6.45) is -0.711. The SMILES string of the molecule is C=C(C)Cc1cc(F)ccc1NC(=O)O. The molecule has 1 amide bonds. The number of anilines is 1.